The van der Waals surface area contributed by atoms with Crippen molar-refractivity contribution >= 4 is 33.7 Å². The molecule has 0 aromatic heterocycles. The molecule has 29 heavy (non-hydrogen) atoms. The molecular weight excluding hydrogens is 432 g/mol. The van der Waals surface area contributed by atoms with Gasteiger partial charge in [0.1, 0.15) is 12.4 Å². The lowest BCUT2D eigenvalue weighted by Gasteiger charge is -2.10. The van der Waals surface area contributed by atoms with Crippen molar-refractivity contribution in [3.05, 3.63) is 93.5 Å². The van der Waals surface area contributed by atoms with Crippen LogP contribution < -0.4 is 15.9 Å². The smallest absolute Gasteiger partial charge is 0.273 e. The number of hydrazone groups is 1. The third kappa shape index (κ3) is 5.21. The highest BCUT2D eigenvalue weighted by atomic mass is 79.9. The Morgan fingerprint density at radius 2 is 1.93 bits per heavy atom. The SMILES string of the molecule is N#Cc1ccccc1COc1ccc(/C=N\NC(=O)c2ccccc2N)cc1Br. The summed E-state index contributed by atoms with van der Waals surface area (Å²) < 4.78 is 6.54. The van der Waals surface area contributed by atoms with E-state index in [4.69, 9.17) is 15.7 Å². The fraction of sp³-hybridized carbons (Fsp3) is 0.0455. The predicted molar refractivity (Wildman–Crippen MR) is 116 cm³/mol. The number of halogens is 1. The second kappa shape index (κ2) is 9.53. The van der Waals surface area contributed by atoms with Gasteiger partial charge in [-0.2, -0.15) is 10.4 Å². The Balaban J connectivity index is 1.62. The van der Waals surface area contributed by atoms with E-state index in [1.54, 1.807) is 36.4 Å². The van der Waals surface area contributed by atoms with Gasteiger partial charge in [-0.1, -0.05) is 30.3 Å². The van der Waals surface area contributed by atoms with E-state index >= 15 is 0 Å². The molecule has 1 amide bonds. The van der Waals surface area contributed by atoms with Gasteiger partial charge in [0.05, 0.1) is 27.9 Å². The summed E-state index contributed by atoms with van der Waals surface area (Å²) in [6.07, 6.45) is 1.52. The quantitative estimate of drug-likeness (QED) is 0.334. The van der Waals surface area contributed by atoms with Gasteiger partial charge in [0, 0.05) is 11.3 Å². The van der Waals surface area contributed by atoms with Crippen LogP contribution >= 0.6 is 15.9 Å². The number of hydrogen-bond donors (Lipinski definition) is 2. The number of para-hydroxylation sites is 1. The van der Waals surface area contributed by atoms with Gasteiger partial charge >= 0.3 is 0 Å². The van der Waals surface area contributed by atoms with Crippen molar-refractivity contribution in [1.29, 1.82) is 5.26 Å². The molecule has 0 aliphatic rings. The molecular formula is C22H17BrN4O2. The molecule has 0 aliphatic heterocycles. The van der Waals surface area contributed by atoms with Crippen LogP contribution in [0.1, 0.15) is 27.0 Å². The molecule has 3 rings (SSSR count). The minimum Gasteiger partial charge on any atom is -0.488 e. The first-order chi connectivity index (χ1) is 14.1. The molecule has 3 aromatic rings. The summed E-state index contributed by atoms with van der Waals surface area (Å²) >= 11 is 3.47. The maximum Gasteiger partial charge on any atom is 0.273 e. The number of rotatable bonds is 6. The normalized spacial score (nSPS) is 10.5. The van der Waals surface area contributed by atoms with Gasteiger partial charge in [-0.15, -0.1) is 0 Å². The van der Waals surface area contributed by atoms with E-state index in [2.05, 4.69) is 32.5 Å². The van der Waals surface area contributed by atoms with Crippen molar-refractivity contribution in [2.24, 2.45) is 5.10 Å². The van der Waals surface area contributed by atoms with Crippen molar-refractivity contribution in [3.63, 3.8) is 0 Å². The number of nitrogens with two attached hydrogens (primary N) is 1. The summed E-state index contributed by atoms with van der Waals surface area (Å²) in [7, 11) is 0. The van der Waals surface area contributed by atoms with Crippen LogP contribution in [0.25, 0.3) is 0 Å². The molecule has 7 heteroatoms. The number of hydrogen-bond acceptors (Lipinski definition) is 5. The summed E-state index contributed by atoms with van der Waals surface area (Å²) in [5.74, 6) is 0.255. The van der Waals surface area contributed by atoms with E-state index in [9.17, 15) is 4.79 Å². The van der Waals surface area contributed by atoms with Crippen LogP contribution in [-0.4, -0.2) is 12.1 Å². The number of ether oxygens (including phenoxy) is 1. The van der Waals surface area contributed by atoms with E-state index in [0.29, 0.717) is 22.6 Å². The zero-order chi connectivity index (χ0) is 20.6. The van der Waals surface area contributed by atoms with Crippen LogP contribution in [-0.2, 0) is 6.61 Å². The van der Waals surface area contributed by atoms with Gasteiger partial charge in [-0.3, -0.25) is 4.79 Å². The lowest BCUT2D eigenvalue weighted by molar-refractivity contribution is 0.0956. The highest BCUT2D eigenvalue weighted by Gasteiger charge is 2.08. The number of amides is 1. The summed E-state index contributed by atoms with van der Waals surface area (Å²) in [4.78, 5) is 12.1. The van der Waals surface area contributed by atoms with Crippen molar-refractivity contribution in [2.75, 3.05) is 5.73 Å². The van der Waals surface area contributed by atoms with Gasteiger partial charge in [-0.25, -0.2) is 5.43 Å². The van der Waals surface area contributed by atoms with Gasteiger partial charge in [-0.05, 0) is 57.9 Å². The van der Waals surface area contributed by atoms with Crippen LogP contribution in [0.15, 0.2) is 76.3 Å². The van der Waals surface area contributed by atoms with Crippen molar-refractivity contribution in [3.8, 4) is 11.8 Å². The number of benzene rings is 3. The van der Waals surface area contributed by atoms with Gasteiger partial charge < -0.3 is 10.5 Å². The number of nitrogen functional groups attached to an aromatic ring is 1. The topological polar surface area (TPSA) is 100 Å². The van der Waals surface area contributed by atoms with Crippen LogP contribution in [0.2, 0.25) is 0 Å². The molecule has 0 spiro atoms. The van der Waals surface area contributed by atoms with Crippen molar-refractivity contribution < 1.29 is 9.53 Å². The number of anilines is 1. The predicted octanol–water partition coefficient (Wildman–Crippen LogP) is 4.25. The molecule has 0 unspecified atom stereocenters. The highest BCUT2D eigenvalue weighted by Crippen LogP contribution is 2.26. The Morgan fingerprint density at radius 3 is 2.69 bits per heavy atom. The molecule has 0 heterocycles. The van der Waals surface area contributed by atoms with Gasteiger partial charge in [0.15, 0.2) is 0 Å². The number of carbonyl (C=O) groups excluding carboxylic acids is 1. The lowest BCUT2D eigenvalue weighted by Crippen LogP contribution is -2.18. The second-order valence-electron chi connectivity index (χ2n) is 6.03. The summed E-state index contributed by atoms with van der Waals surface area (Å²) in [6, 6.07) is 21.6. The molecule has 3 aromatic carbocycles. The van der Waals surface area contributed by atoms with Crippen LogP contribution in [0.3, 0.4) is 0 Å². The number of nitrogens with one attached hydrogen (secondary N) is 1. The first-order valence-electron chi connectivity index (χ1n) is 8.66. The summed E-state index contributed by atoms with van der Waals surface area (Å²) in [5.41, 5.74) is 11.2. The van der Waals surface area contributed by atoms with Crippen LogP contribution in [0, 0.1) is 11.3 Å². The van der Waals surface area contributed by atoms with Crippen LogP contribution in [0.5, 0.6) is 5.75 Å². The van der Waals surface area contributed by atoms with Crippen LogP contribution in [0.4, 0.5) is 5.69 Å². The molecule has 144 valence electrons. The molecule has 0 fully saturated rings. The van der Waals surface area contributed by atoms with Gasteiger partial charge in [0.2, 0.25) is 0 Å². The molecule has 0 saturated heterocycles. The molecule has 6 nitrogen and oxygen atoms in total. The number of nitriles is 1. The minimum atomic E-state index is -0.380. The maximum absolute atomic E-state index is 12.1. The van der Waals surface area contributed by atoms with Gasteiger partial charge in [0.25, 0.3) is 5.91 Å². The number of carbonyl (C=O) groups is 1. The van der Waals surface area contributed by atoms with E-state index in [1.165, 1.54) is 6.21 Å². The second-order valence-corrected chi connectivity index (χ2v) is 6.89. The Bertz CT molecular complexity index is 1110. The Labute approximate surface area is 176 Å². The van der Waals surface area contributed by atoms with E-state index < -0.39 is 0 Å². The average molecular weight is 449 g/mol. The Hall–Kier alpha value is -3.63. The largest absolute Gasteiger partial charge is 0.488 e. The zero-order valence-corrected chi connectivity index (χ0v) is 16.9. The zero-order valence-electron chi connectivity index (χ0n) is 15.3. The molecule has 0 saturated carbocycles. The lowest BCUT2D eigenvalue weighted by atomic mass is 10.1. The fourth-order valence-electron chi connectivity index (χ4n) is 2.55. The summed E-state index contributed by atoms with van der Waals surface area (Å²) in [6.45, 7) is 0.282. The fourth-order valence-corrected chi connectivity index (χ4v) is 3.07. The molecule has 3 N–H and O–H groups in total. The Morgan fingerprint density at radius 1 is 1.17 bits per heavy atom. The third-order valence-electron chi connectivity index (χ3n) is 4.06. The van der Waals surface area contributed by atoms with E-state index in [1.807, 2.05) is 30.3 Å². The maximum atomic E-state index is 12.1. The first kappa shape index (κ1) is 20.1. The molecule has 0 aliphatic carbocycles. The standard InChI is InChI=1S/C22H17BrN4O2/c23-19-11-15(13-26-27-22(28)18-7-3-4-8-20(18)25)9-10-21(19)29-14-17-6-2-1-5-16(17)12-24/h1-11,13H,14,25H2,(H,27,28)/b26-13-. The van der Waals surface area contributed by atoms with E-state index in [0.717, 1.165) is 15.6 Å². The molecule has 0 bridgehead atoms. The Kier molecular flexibility index (Phi) is 6.61. The monoisotopic (exact) mass is 448 g/mol. The summed E-state index contributed by atoms with van der Waals surface area (Å²) in [5, 5.41) is 13.1. The number of nitrogens with zero attached hydrogens (tertiary/aromatic N) is 2. The molecule has 0 atom stereocenters. The van der Waals surface area contributed by atoms with Crippen molar-refractivity contribution in [1.82, 2.24) is 5.43 Å². The molecule has 0 radical (unpaired) electrons. The third-order valence-corrected chi connectivity index (χ3v) is 4.68. The highest BCUT2D eigenvalue weighted by molar-refractivity contribution is 9.10. The average Bonchev–Trinajstić information content (AvgIpc) is 2.73. The minimum absolute atomic E-state index is 0.282. The van der Waals surface area contributed by atoms with Crippen molar-refractivity contribution in [2.45, 2.75) is 6.61 Å². The first-order valence-corrected chi connectivity index (χ1v) is 9.46. The van der Waals surface area contributed by atoms with E-state index in [-0.39, 0.29) is 12.5 Å².